The summed E-state index contributed by atoms with van der Waals surface area (Å²) in [6.07, 6.45) is 3.34. The molecule has 0 aliphatic carbocycles. The summed E-state index contributed by atoms with van der Waals surface area (Å²) in [4.78, 5) is 12.1. The highest BCUT2D eigenvalue weighted by molar-refractivity contribution is 5.70. The van der Waals surface area contributed by atoms with Crippen molar-refractivity contribution >= 4 is 11.8 Å². The fourth-order valence-corrected chi connectivity index (χ4v) is 3.50. The zero-order valence-electron chi connectivity index (χ0n) is 18.4. The molecule has 1 N–H and O–H groups in total. The maximum Gasteiger partial charge on any atom is 0.306 e. The summed E-state index contributed by atoms with van der Waals surface area (Å²) < 4.78 is 11.8. The summed E-state index contributed by atoms with van der Waals surface area (Å²) in [7, 11) is 0. The lowest BCUT2D eigenvalue weighted by molar-refractivity contribution is -0.590. The number of nitrogens with one attached hydrogen (secondary N) is 1. The molecule has 1 heterocycles. The number of hydrogen-bond acceptors (Lipinski definition) is 5. The van der Waals surface area contributed by atoms with Crippen molar-refractivity contribution in [1.82, 2.24) is 0 Å². The molecular formula is C26H30N2O4. The number of pyridine rings is 1. The Balaban J connectivity index is 1.48. The number of rotatable bonds is 12. The quantitative estimate of drug-likeness (QED) is 0.197. The Bertz CT molecular complexity index is 961. The molecule has 0 bridgehead atoms. The van der Waals surface area contributed by atoms with Crippen molar-refractivity contribution < 1.29 is 19.0 Å². The van der Waals surface area contributed by atoms with Gasteiger partial charge in [0.25, 0.3) is 5.82 Å². The van der Waals surface area contributed by atoms with Gasteiger partial charge in [-0.2, -0.15) is 0 Å². The van der Waals surface area contributed by atoms with E-state index >= 15 is 0 Å². The van der Waals surface area contributed by atoms with Crippen LogP contribution in [0.15, 0.2) is 79.0 Å². The summed E-state index contributed by atoms with van der Waals surface area (Å²) in [6, 6.07) is 23.3. The highest BCUT2D eigenvalue weighted by Gasteiger charge is 2.17. The van der Waals surface area contributed by atoms with Gasteiger partial charge in [-0.25, -0.2) is 4.73 Å². The number of carbonyl (C=O) groups is 1. The Morgan fingerprint density at radius 2 is 1.78 bits per heavy atom. The third-order valence-corrected chi connectivity index (χ3v) is 5.11. The minimum atomic E-state index is -0.173. The largest absolute Gasteiger partial charge is 0.711 e. The second kappa shape index (κ2) is 12.3. The van der Waals surface area contributed by atoms with Crippen LogP contribution in [0, 0.1) is 5.21 Å². The van der Waals surface area contributed by atoms with Crippen LogP contribution in [0.1, 0.15) is 36.8 Å². The molecule has 6 heteroatoms. The lowest BCUT2D eigenvalue weighted by atomic mass is 9.89. The molecule has 0 unspecified atom stereocenters. The van der Waals surface area contributed by atoms with E-state index in [0.717, 1.165) is 34.4 Å². The van der Waals surface area contributed by atoms with E-state index in [1.165, 1.54) is 6.20 Å². The molecular weight excluding hydrogens is 404 g/mol. The molecule has 6 nitrogen and oxygen atoms in total. The maximum absolute atomic E-state index is 12.1. The van der Waals surface area contributed by atoms with Crippen LogP contribution in [0.5, 0.6) is 5.75 Å². The molecule has 0 saturated carbocycles. The number of anilines is 1. The molecule has 0 radical (unpaired) electrons. The molecule has 1 atom stereocenters. The van der Waals surface area contributed by atoms with E-state index in [9.17, 15) is 10.0 Å². The standard InChI is InChI=1S/C26H30N2O4/c1-2-31-26(29)20-23(22-9-4-3-5-10-22)19-21-12-14-24(15-13-21)32-18-8-16-27-25-11-6-7-17-28(25)30/h3-7,9-15,17,23,27H,2,8,16,18-20H2,1H3/t23-/m0/s1. The second-order valence-corrected chi connectivity index (χ2v) is 7.51. The SMILES string of the molecule is CCOC(=O)C[C@H](Cc1ccc(OCCCNc2cccc[n+]2[O-])cc1)c1ccccc1. The molecule has 3 aromatic rings. The predicted octanol–water partition coefficient (Wildman–Crippen LogP) is 4.48. The van der Waals surface area contributed by atoms with Crippen LogP contribution in [-0.2, 0) is 16.0 Å². The zero-order chi connectivity index (χ0) is 22.6. The van der Waals surface area contributed by atoms with E-state index in [1.54, 1.807) is 12.1 Å². The molecule has 2 aromatic carbocycles. The maximum atomic E-state index is 12.1. The van der Waals surface area contributed by atoms with Gasteiger partial charge in [-0.15, -0.1) is 0 Å². The topological polar surface area (TPSA) is 74.5 Å². The lowest BCUT2D eigenvalue weighted by Crippen LogP contribution is -2.30. The lowest BCUT2D eigenvalue weighted by Gasteiger charge is -2.17. The normalized spacial score (nSPS) is 11.5. The van der Waals surface area contributed by atoms with Crippen LogP contribution in [0.3, 0.4) is 0 Å². The van der Waals surface area contributed by atoms with Gasteiger partial charge < -0.3 is 14.7 Å². The number of esters is 1. The molecule has 3 rings (SSSR count). The molecule has 32 heavy (non-hydrogen) atoms. The van der Waals surface area contributed by atoms with Crippen molar-refractivity contribution in [2.75, 3.05) is 25.1 Å². The Kier molecular flexibility index (Phi) is 8.92. The van der Waals surface area contributed by atoms with E-state index in [4.69, 9.17) is 9.47 Å². The summed E-state index contributed by atoms with van der Waals surface area (Å²) >= 11 is 0. The number of aromatic nitrogens is 1. The van der Waals surface area contributed by atoms with Gasteiger partial charge in [-0.1, -0.05) is 48.5 Å². The van der Waals surface area contributed by atoms with Gasteiger partial charge in [0, 0.05) is 12.5 Å². The number of carbonyl (C=O) groups excluding carboxylic acids is 1. The van der Waals surface area contributed by atoms with Gasteiger partial charge in [0.05, 0.1) is 32.4 Å². The van der Waals surface area contributed by atoms with Gasteiger partial charge in [-0.05, 0) is 48.6 Å². The van der Waals surface area contributed by atoms with E-state index in [1.807, 2.05) is 55.5 Å². The third-order valence-electron chi connectivity index (χ3n) is 5.11. The van der Waals surface area contributed by atoms with Crippen LogP contribution in [-0.4, -0.2) is 25.7 Å². The molecule has 0 spiro atoms. The Hall–Kier alpha value is -3.54. The highest BCUT2D eigenvalue weighted by atomic mass is 16.5. The van der Waals surface area contributed by atoms with Crippen molar-refractivity contribution in [3.05, 3.63) is 95.3 Å². The van der Waals surface area contributed by atoms with E-state index in [2.05, 4.69) is 17.4 Å². The van der Waals surface area contributed by atoms with Crippen molar-refractivity contribution in [3.8, 4) is 5.75 Å². The van der Waals surface area contributed by atoms with Crippen molar-refractivity contribution in [1.29, 1.82) is 0 Å². The van der Waals surface area contributed by atoms with E-state index in [-0.39, 0.29) is 11.9 Å². The molecule has 0 fully saturated rings. The van der Waals surface area contributed by atoms with E-state index < -0.39 is 0 Å². The fraction of sp³-hybridized carbons (Fsp3) is 0.308. The van der Waals surface area contributed by atoms with Crippen molar-refractivity contribution in [3.63, 3.8) is 0 Å². The minimum absolute atomic E-state index is 0.0647. The minimum Gasteiger partial charge on any atom is -0.711 e. The molecule has 0 amide bonds. The van der Waals surface area contributed by atoms with Crippen LogP contribution < -0.4 is 14.8 Å². The number of benzene rings is 2. The number of ether oxygens (including phenoxy) is 2. The highest BCUT2D eigenvalue weighted by Crippen LogP contribution is 2.26. The third kappa shape index (κ3) is 7.30. The molecule has 0 saturated heterocycles. The van der Waals surface area contributed by atoms with Gasteiger partial charge in [0.15, 0.2) is 0 Å². The first kappa shape index (κ1) is 23.1. The van der Waals surface area contributed by atoms with Gasteiger partial charge in [-0.3, -0.25) is 10.1 Å². The Labute approximate surface area is 189 Å². The number of nitrogens with zero attached hydrogens (tertiary/aromatic N) is 1. The first-order valence-corrected chi connectivity index (χ1v) is 11.0. The smallest absolute Gasteiger partial charge is 0.306 e. The van der Waals surface area contributed by atoms with Crippen molar-refractivity contribution in [2.24, 2.45) is 0 Å². The molecule has 0 aliphatic rings. The summed E-state index contributed by atoms with van der Waals surface area (Å²) in [5, 5.41) is 14.7. The summed E-state index contributed by atoms with van der Waals surface area (Å²) in [5.74, 6) is 1.23. The zero-order valence-corrected chi connectivity index (χ0v) is 18.4. The first-order chi connectivity index (χ1) is 15.7. The van der Waals surface area contributed by atoms with Crippen LogP contribution in [0.4, 0.5) is 5.82 Å². The van der Waals surface area contributed by atoms with Gasteiger partial charge in [0.2, 0.25) is 0 Å². The average Bonchev–Trinajstić information content (AvgIpc) is 2.81. The van der Waals surface area contributed by atoms with Crippen LogP contribution >= 0.6 is 0 Å². The first-order valence-electron chi connectivity index (χ1n) is 11.0. The van der Waals surface area contributed by atoms with Crippen molar-refractivity contribution in [2.45, 2.75) is 32.1 Å². The van der Waals surface area contributed by atoms with E-state index in [0.29, 0.717) is 32.0 Å². The fourth-order valence-electron chi connectivity index (χ4n) is 3.50. The van der Waals surface area contributed by atoms with Crippen LogP contribution in [0.25, 0.3) is 0 Å². The van der Waals surface area contributed by atoms with Crippen LogP contribution in [0.2, 0.25) is 0 Å². The average molecular weight is 435 g/mol. The monoisotopic (exact) mass is 434 g/mol. The van der Waals surface area contributed by atoms with Gasteiger partial charge in [0.1, 0.15) is 5.75 Å². The Morgan fingerprint density at radius 3 is 2.50 bits per heavy atom. The molecule has 168 valence electrons. The molecule has 0 aliphatic heterocycles. The predicted molar refractivity (Wildman–Crippen MR) is 125 cm³/mol. The second-order valence-electron chi connectivity index (χ2n) is 7.51. The number of hydrogen-bond donors (Lipinski definition) is 1. The summed E-state index contributed by atoms with van der Waals surface area (Å²) in [5.41, 5.74) is 2.27. The van der Waals surface area contributed by atoms with Gasteiger partial charge >= 0.3 is 5.97 Å². The summed E-state index contributed by atoms with van der Waals surface area (Å²) in [6.45, 7) is 3.42. The Morgan fingerprint density at radius 1 is 1.03 bits per heavy atom. The molecule has 1 aromatic heterocycles.